The molecule has 16 heavy (non-hydrogen) atoms. The third-order valence-electron chi connectivity index (χ3n) is 3.65. The summed E-state index contributed by atoms with van der Waals surface area (Å²) in [5.41, 5.74) is 2.46. The van der Waals surface area contributed by atoms with E-state index in [9.17, 15) is 9.90 Å². The Morgan fingerprint density at radius 2 is 2.06 bits per heavy atom. The van der Waals surface area contributed by atoms with E-state index in [0.29, 0.717) is 0 Å². The molecule has 0 radical (unpaired) electrons. The van der Waals surface area contributed by atoms with Gasteiger partial charge in [0.2, 0.25) is 0 Å². The van der Waals surface area contributed by atoms with E-state index in [2.05, 4.69) is 6.07 Å². The predicted molar refractivity (Wildman–Crippen MR) is 63.4 cm³/mol. The molecule has 1 aliphatic rings. The van der Waals surface area contributed by atoms with Gasteiger partial charge < -0.3 is 5.11 Å². The van der Waals surface area contributed by atoms with Crippen molar-refractivity contribution in [3.05, 3.63) is 35.4 Å². The maximum Gasteiger partial charge on any atom is 0.145 e. The summed E-state index contributed by atoms with van der Waals surface area (Å²) in [6, 6.07) is 8.14. The van der Waals surface area contributed by atoms with Crippen LogP contribution in [0.25, 0.3) is 0 Å². The van der Waals surface area contributed by atoms with Crippen molar-refractivity contribution in [1.82, 2.24) is 0 Å². The average Bonchev–Trinajstić information content (AvgIpc) is 2.70. The minimum absolute atomic E-state index is 0.000741. The second-order valence-corrected chi connectivity index (χ2v) is 4.72. The molecule has 0 aromatic heterocycles. The van der Waals surface area contributed by atoms with Crippen LogP contribution in [0.3, 0.4) is 0 Å². The van der Waals surface area contributed by atoms with E-state index in [-0.39, 0.29) is 17.6 Å². The molecule has 1 aromatic carbocycles. The van der Waals surface area contributed by atoms with Gasteiger partial charge in [-0.1, -0.05) is 31.2 Å². The van der Waals surface area contributed by atoms with E-state index >= 15 is 0 Å². The number of Topliss-reactive ketones (excluding diaryl/α,β-unsaturated/α-hetero) is 1. The number of rotatable bonds is 3. The number of hydrogen-bond acceptors (Lipinski definition) is 2. The molecular formula is C14H18O2. The molecule has 0 fully saturated rings. The van der Waals surface area contributed by atoms with Crippen molar-refractivity contribution in [2.24, 2.45) is 5.92 Å². The zero-order valence-corrected chi connectivity index (χ0v) is 9.81. The monoisotopic (exact) mass is 218 g/mol. The lowest BCUT2D eigenvalue weighted by Crippen LogP contribution is -2.27. The molecule has 1 aromatic rings. The Hall–Kier alpha value is -1.15. The van der Waals surface area contributed by atoms with Crippen LogP contribution in [-0.2, 0) is 11.2 Å². The van der Waals surface area contributed by atoms with Gasteiger partial charge in [0, 0.05) is 11.8 Å². The summed E-state index contributed by atoms with van der Waals surface area (Å²) >= 11 is 0. The summed E-state index contributed by atoms with van der Waals surface area (Å²) in [4.78, 5) is 12.2. The minimum Gasteiger partial charge on any atom is -0.393 e. The lowest BCUT2D eigenvalue weighted by Gasteiger charge is -2.18. The van der Waals surface area contributed by atoms with Crippen molar-refractivity contribution >= 4 is 5.78 Å². The second kappa shape index (κ2) is 4.38. The largest absolute Gasteiger partial charge is 0.393 e. The van der Waals surface area contributed by atoms with Crippen LogP contribution in [0, 0.1) is 5.92 Å². The molecule has 0 amide bonds. The third kappa shape index (κ3) is 1.90. The molecule has 1 N–H and O–H groups in total. The van der Waals surface area contributed by atoms with Crippen LogP contribution in [0.15, 0.2) is 24.3 Å². The molecule has 2 rings (SSSR count). The highest BCUT2D eigenvalue weighted by atomic mass is 16.3. The first-order valence-electron chi connectivity index (χ1n) is 5.91. The number of hydrogen-bond donors (Lipinski definition) is 1. The maximum atomic E-state index is 12.2. The number of aliphatic hydroxyl groups is 1. The van der Waals surface area contributed by atoms with Gasteiger partial charge >= 0.3 is 0 Å². The standard InChI is InChI=1S/C14H18O2/c1-9(10(2)15)14(16)13-8-7-11-5-3-4-6-12(11)13/h3-6,9-10,13,15H,7-8H2,1-2H3/t9-,10+,13+/m1/s1. The molecule has 0 unspecified atom stereocenters. The summed E-state index contributed by atoms with van der Waals surface area (Å²) in [5, 5.41) is 9.48. The van der Waals surface area contributed by atoms with Gasteiger partial charge in [-0.25, -0.2) is 0 Å². The van der Waals surface area contributed by atoms with Gasteiger partial charge in [0.25, 0.3) is 0 Å². The van der Waals surface area contributed by atoms with E-state index in [0.717, 1.165) is 12.8 Å². The Morgan fingerprint density at radius 3 is 2.75 bits per heavy atom. The van der Waals surface area contributed by atoms with E-state index in [1.54, 1.807) is 6.92 Å². The van der Waals surface area contributed by atoms with E-state index in [1.165, 1.54) is 11.1 Å². The number of carbonyl (C=O) groups excluding carboxylic acids is 1. The molecule has 0 saturated carbocycles. The lowest BCUT2D eigenvalue weighted by molar-refractivity contribution is -0.126. The fourth-order valence-electron chi connectivity index (χ4n) is 2.41. The Kier molecular flexibility index (Phi) is 3.10. The Morgan fingerprint density at radius 1 is 1.38 bits per heavy atom. The number of aliphatic hydroxyl groups excluding tert-OH is 1. The minimum atomic E-state index is -0.555. The quantitative estimate of drug-likeness (QED) is 0.845. The maximum absolute atomic E-state index is 12.2. The molecule has 2 heteroatoms. The Balaban J connectivity index is 2.22. The van der Waals surface area contributed by atoms with Gasteiger partial charge in [-0.2, -0.15) is 0 Å². The van der Waals surface area contributed by atoms with Crippen LogP contribution in [0.4, 0.5) is 0 Å². The molecule has 0 aliphatic heterocycles. The first kappa shape index (κ1) is 11.3. The zero-order chi connectivity index (χ0) is 11.7. The van der Waals surface area contributed by atoms with Crippen molar-refractivity contribution in [2.45, 2.75) is 38.7 Å². The average molecular weight is 218 g/mol. The van der Waals surface area contributed by atoms with Crippen molar-refractivity contribution in [3.63, 3.8) is 0 Å². The number of aryl methyl sites for hydroxylation is 1. The Labute approximate surface area is 96.3 Å². The highest BCUT2D eigenvalue weighted by Crippen LogP contribution is 2.35. The van der Waals surface area contributed by atoms with Crippen LogP contribution in [0.5, 0.6) is 0 Å². The molecular weight excluding hydrogens is 200 g/mol. The second-order valence-electron chi connectivity index (χ2n) is 4.72. The first-order valence-corrected chi connectivity index (χ1v) is 5.91. The molecule has 0 bridgehead atoms. The van der Waals surface area contributed by atoms with Gasteiger partial charge in [-0.3, -0.25) is 4.79 Å². The normalized spacial score (nSPS) is 22.6. The van der Waals surface area contributed by atoms with E-state index in [1.807, 2.05) is 25.1 Å². The topological polar surface area (TPSA) is 37.3 Å². The zero-order valence-electron chi connectivity index (χ0n) is 9.81. The van der Waals surface area contributed by atoms with Gasteiger partial charge in [0.05, 0.1) is 6.10 Å². The third-order valence-corrected chi connectivity index (χ3v) is 3.65. The predicted octanol–water partition coefficient (Wildman–Crippen LogP) is 2.30. The number of ketones is 1. The van der Waals surface area contributed by atoms with Crippen LogP contribution in [0.1, 0.15) is 37.3 Å². The summed E-state index contributed by atoms with van der Waals surface area (Å²) < 4.78 is 0. The lowest BCUT2D eigenvalue weighted by atomic mass is 9.87. The van der Waals surface area contributed by atoms with E-state index in [4.69, 9.17) is 0 Å². The Bertz CT molecular complexity index is 395. The summed E-state index contributed by atoms with van der Waals surface area (Å²) in [6.45, 7) is 3.50. The molecule has 3 atom stereocenters. The molecule has 0 saturated heterocycles. The van der Waals surface area contributed by atoms with Crippen LogP contribution < -0.4 is 0 Å². The van der Waals surface area contributed by atoms with Crippen LogP contribution in [0.2, 0.25) is 0 Å². The number of fused-ring (bicyclic) bond motifs is 1. The van der Waals surface area contributed by atoms with Crippen molar-refractivity contribution < 1.29 is 9.90 Å². The molecule has 0 spiro atoms. The highest BCUT2D eigenvalue weighted by molar-refractivity contribution is 5.89. The van der Waals surface area contributed by atoms with Crippen molar-refractivity contribution in [1.29, 1.82) is 0 Å². The fourth-order valence-corrected chi connectivity index (χ4v) is 2.41. The van der Waals surface area contributed by atoms with E-state index < -0.39 is 6.10 Å². The summed E-state index contributed by atoms with van der Waals surface area (Å²) in [7, 11) is 0. The van der Waals surface area contributed by atoms with Gasteiger partial charge in [0.15, 0.2) is 0 Å². The van der Waals surface area contributed by atoms with Crippen LogP contribution in [-0.4, -0.2) is 17.0 Å². The van der Waals surface area contributed by atoms with Gasteiger partial charge in [-0.05, 0) is 30.9 Å². The molecule has 1 aliphatic carbocycles. The SMILES string of the molecule is C[C@H](O)[C@@H](C)C(=O)[C@H]1CCc2ccccc21. The van der Waals surface area contributed by atoms with Gasteiger partial charge in [0.1, 0.15) is 5.78 Å². The smallest absolute Gasteiger partial charge is 0.145 e. The molecule has 86 valence electrons. The summed E-state index contributed by atoms with van der Waals surface area (Å²) in [5.74, 6) is -0.0862. The van der Waals surface area contributed by atoms with Gasteiger partial charge in [-0.15, -0.1) is 0 Å². The highest BCUT2D eigenvalue weighted by Gasteiger charge is 2.32. The fraction of sp³-hybridized carbons (Fsp3) is 0.500. The molecule has 0 heterocycles. The summed E-state index contributed by atoms with van der Waals surface area (Å²) in [6.07, 6.45) is 1.33. The van der Waals surface area contributed by atoms with Crippen LogP contribution >= 0.6 is 0 Å². The number of carbonyl (C=O) groups is 1. The first-order chi connectivity index (χ1) is 7.61. The van der Waals surface area contributed by atoms with Crippen molar-refractivity contribution in [3.8, 4) is 0 Å². The van der Waals surface area contributed by atoms with Crippen molar-refractivity contribution in [2.75, 3.05) is 0 Å². The molecule has 2 nitrogen and oxygen atoms in total. The number of benzene rings is 1.